The number of aromatic nitrogens is 3. The lowest BCUT2D eigenvalue weighted by molar-refractivity contribution is -0.123. The molecule has 0 aliphatic carbocycles. The Labute approximate surface area is 257 Å². The van der Waals surface area contributed by atoms with Crippen LogP contribution in [0.1, 0.15) is 58.7 Å². The molecule has 5 aromatic rings. The Bertz CT molecular complexity index is 1660. The Kier molecular flexibility index (Phi) is 10.3. The summed E-state index contributed by atoms with van der Waals surface area (Å²) in [6, 6.07) is 24.6. The van der Waals surface area contributed by atoms with Gasteiger partial charge in [0.05, 0.1) is 12.6 Å². The first-order valence-electron chi connectivity index (χ1n) is 15.0. The van der Waals surface area contributed by atoms with Crippen LogP contribution in [0.15, 0.2) is 97.5 Å². The smallest absolute Gasteiger partial charge is 0.251 e. The number of imidazole rings is 1. The van der Waals surface area contributed by atoms with E-state index in [4.69, 9.17) is 0 Å². The monoisotopic (exact) mass is 589 g/mol. The standard InChI is InChI=1S/C35H39N7O2/c1-24-16-18-38-32(21-24)37-17-6-11-31(35(44)41-25(2)29-10-5-8-27-7-3-4-9-30(27)29)42-34(43)28-14-12-26(13-15-28)22-36-23-33-39-19-20-40-33/h3-5,7-10,12-16,18-21,25,31,36H,6,11,17,22-23H2,1-2H3,(H,37,38)(H,39,40)(H,41,44)(H,42,43)/t25?,31-/m0/s1. The minimum atomic E-state index is -0.707. The summed E-state index contributed by atoms with van der Waals surface area (Å²) in [7, 11) is 0. The molecule has 5 N–H and O–H groups in total. The van der Waals surface area contributed by atoms with Crippen molar-refractivity contribution in [2.24, 2.45) is 0 Å². The molecule has 0 radical (unpaired) electrons. The second-order valence-electron chi connectivity index (χ2n) is 10.9. The van der Waals surface area contributed by atoms with Gasteiger partial charge in [0.1, 0.15) is 17.7 Å². The lowest BCUT2D eigenvalue weighted by Gasteiger charge is -2.23. The summed E-state index contributed by atoms with van der Waals surface area (Å²) in [4.78, 5) is 38.6. The van der Waals surface area contributed by atoms with Crippen LogP contribution in [-0.4, -0.2) is 39.4 Å². The van der Waals surface area contributed by atoms with E-state index < -0.39 is 6.04 Å². The maximum absolute atomic E-state index is 13.6. The molecule has 9 nitrogen and oxygen atoms in total. The normalized spacial score (nSPS) is 12.4. The van der Waals surface area contributed by atoms with E-state index in [-0.39, 0.29) is 17.9 Å². The molecular weight excluding hydrogens is 550 g/mol. The molecule has 2 amide bonds. The van der Waals surface area contributed by atoms with Crippen LogP contribution >= 0.6 is 0 Å². The third-order valence-electron chi connectivity index (χ3n) is 7.55. The largest absolute Gasteiger partial charge is 0.370 e. The number of nitrogens with zero attached hydrogens (tertiary/aromatic N) is 2. The van der Waals surface area contributed by atoms with Gasteiger partial charge in [0.25, 0.3) is 5.91 Å². The maximum atomic E-state index is 13.6. The van der Waals surface area contributed by atoms with Crippen LogP contribution in [0.25, 0.3) is 10.8 Å². The molecule has 2 heterocycles. The summed E-state index contributed by atoms with van der Waals surface area (Å²) >= 11 is 0. The Hall–Kier alpha value is -5.02. The van der Waals surface area contributed by atoms with Crippen molar-refractivity contribution >= 4 is 28.4 Å². The summed E-state index contributed by atoms with van der Waals surface area (Å²) < 4.78 is 0. The lowest BCUT2D eigenvalue weighted by atomic mass is 9.99. The van der Waals surface area contributed by atoms with Gasteiger partial charge in [-0.3, -0.25) is 9.59 Å². The molecule has 0 spiro atoms. The molecule has 5 rings (SSSR count). The minimum absolute atomic E-state index is 0.216. The van der Waals surface area contributed by atoms with Crippen molar-refractivity contribution in [3.05, 3.63) is 126 Å². The number of pyridine rings is 1. The molecule has 9 heteroatoms. The fourth-order valence-corrected chi connectivity index (χ4v) is 5.18. The van der Waals surface area contributed by atoms with Gasteiger partial charge in [0.15, 0.2) is 0 Å². The Morgan fingerprint density at radius 2 is 1.70 bits per heavy atom. The zero-order chi connectivity index (χ0) is 30.7. The van der Waals surface area contributed by atoms with E-state index in [0.717, 1.165) is 39.1 Å². The molecule has 0 fully saturated rings. The van der Waals surface area contributed by atoms with Crippen molar-refractivity contribution < 1.29 is 9.59 Å². The molecule has 0 bridgehead atoms. The van der Waals surface area contributed by atoms with Crippen molar-refractivity contribution in [3.8, 4) is 0 Å². The van der Waals surface area contributed by atoms with Crippen LogP contribution in [0, 0.1) is 6.92 Å². The SMILES string of the molecule is Cc1ccnc(NCCC[C@H](NC(=O)c2ccc(CNCc3ncc[nH]3)cc2)C(=O)NC(C)c2cccc3ccccc23)c1. The van der Waals surface area contributed by atoms with Crippen molar-refractivity contribution in [1.29, 1.82) is 0 Å². The van der Waals surface area contributed by atoms with Crippen molar-refractivity contribution in [2.75, 3.05) is 11.9 Å². The summed E-state index contributed by atoms with van der Waals surface area (Å²) in [5.74, 6) is 1.15. The zero-order valence-electron chi connectivity index (χ0n) is 25.1. The zero-order valence-corrected chi connectivity index (χ0v) is 25.1. The fraction of sp³-hybridized carbons (Fsp3) is 0.257. The summed E-state index contributed by atoms with van der Waals surface area (Å²) in [5.41, 5.74) is 3.70. The summed E-state index contributed by atoms with van der Waals surface area (Å²) in [6.07, 6.45) is 6.41. The molecular formula is C35H39N7O2. The number of aryl methyl sites for hydroxylation is 1. The van der Waals surface area contributed by atoms with Crippen LogP contribution < -0.4 is 21.3 Å². The van der Waals surface area contributed by atoms with Gasteiger partial charge in [-0.15, -0.1) is 0 Å². The number of hydrogen-bond acceptors (Lipinski definition) is 6. The lowest BCUT2D eigenvalue weighted by Crippen LogP contribution is -2.47. The average Bonchev–Trinajstić information content (AvgIpc) is 3.56. The first kappa shape index (κ1) is 30.4. The van der Waals surface area contributed by atoms with E-state index in [1.807, 2.05) is 62.4 Å². The van der Waals surface area contributed by atoms with E-state index in [2.05, 4.69) is 54.4 Å². The van der Waals surface area contributed by atoms with E-state index in [9.17, 15) is 9.59 Å². The van der Waals surface area contributed by atoms with Gasteiger partial charge in [-0.05, 0) is 78.4 Å². The molecule has 3 aromatic carbocycles. The number of hydrogen-bond donors (Lipinski definition) is 5. The Morgan fingerprint density at radius 1 is 0.886 bits per heavy atom. The predicted molar refractivity (Wildman–Crippen MR) is 174 cm³/mol. The first-order valence-corrected chi connectivity index (χ1v) is 15.0. The molecule has 44 heavy (non-hydrogen) atoms. The predicted octanol–water partition coefficient (Wildman–Crippen LogP) is 5.42. The highest BCUT2D eigenvalue weighted by atomic mass is 16.2. The molecule has 2 aromatic heterocycles. The molecule has 226 valence electrons. The number of H-pyrrole nitrogens is 1. The quantitative estimate of drug-likeness (QED) is 0.110. The maximum Gasteiger partial charge on any atom is 0.251 e. The Morgan fingerprint density at radius 3 is 2.50 bits per heavy atom. The van der Waals surface area contributed by atoms with E-state index in [1.54, 1.807) is 30.7 Å². The highest BCUT2D eigenvalue weighted by molar-refractivity contribution is 5.97. The van der Waals surface area contributed by atoms with Gasteiger partial charge < -0.3 is 26.3 Å². The molecule has 0 aliphatic rings. The van der Waals surface area contributed by atoms with E-state index in [1.165, 1.54) is 0 Å². The summed E-state index contributed by atoms with van der Waals surface area (Å²) in [6.45, 7) is 5.88. The second-order valence-corrected chi connectivity index (χ2v) is 10.9. The highest BCUT2D eigenvalue weighted by Crippen LogP contribution is 2.24. The fourth-order valence-electron chi connectivity index (χ4n) is 5.18. The number of aromatic amines is 1. The molecule has 2 atom stereocenters. The number of amides is 2. The summed E-state index contributed by atoms with van der Waals surface area (Å²) in [5, 5.41) is 15.0. The van der Waals surface area contributed by atoms with Crippen molar-refractivity contribution in [3.63, 3.8) is 0 Å². The second kappa shape index (κ2) is 14.9. The number of rotatable bonds is 14. The number of carbonyl (C=O) groups excluding carboxylic acids is 2. The number of anilines is 1. The van der Waals surface area contributed by atoms with Crippen LogP contribution in [0.3, 0.4) is 0 Å². The molecule has 1 unspecified atom stereocenters. The molecule has 0 saturated carbocycles. The van der Waals surface area contributed by atoms with Crippen LogP contribution in [-0.2, 0) is 17.9 Å². The van der Waals surface area contributed by atoms with Gasteiger partial charge in [0.2, 0.25) is 5.91 Å². The van der Waals surface area contributed by atoms with Gasteiger partial charge in [-0.25, -0.2) is 9.97 Å². The highest BCUT2D eigenvalue weighted by Gasteiger charge is 2.23. The third kappa shape index (κ3) is 8.29. The number of carbonyl (C=O) groups is 2. The topological polar surface area (TPSA) is 124 Å². The van der Waals surface area contributed by atoms with E-state index >= 15 is 0 Å². The van der Waals surface area contributed by atoms with Crippen LogP contribution in [0.2, 0.25) is 0 Å². The van der Waals surface area contributed by atoms with E-state index in [0.29, 0.717) is 38.0 Å². The van der Waals surface area contributed by atoms with Crippen LogP contribution in [0.4, 0.5) is 5.82 Å². The average molecular weight is 590 g/mol. The third-order valence-corrected chi connectivity index (χ3v) is 7.55. The van der Waals surface area contributed by atoms with Crippen LogP contribution in [0.5, 0.6) is 0 Å². The van der Waals surface area contributed by atoms with Gasteiger partial charge >= 0.3 is 0 Å². The number of nitrogens with one attached hydrogen (secondary N) is 5. The molecule has 0 saturated heterocycles. The van der Waals surface area contributed by atoms with Gasteiger partial charge in [-0.2, -0.15) is 0 Å². The molecule has 0 aliphatic heterocycles. The minimum Gasteiger partial charge on any atom is -0.370 e. The number of fused-ring (bicyclic) bond motifs is 1. The van der Waals surface area contributed by atoms with Crippen molar-refractivity contribution in [1.82, 2.24) is 30.9 Å². The van der Waals surface area contributed by atoms with Crippen molar-refractivity contribution in [2.45, 2.75) is 51.9 Å². The van der Waals surface area contributed by atoms with Gasteiger partial charge in [-0.1, -0.05) is 54.6 Å². The number of benzene rings is 3. The van der Waals surface area contributed by atoms with Gasteiger partial charge in [0, 0.05) is 37.2 Å². The Balaban J connectivity index is 1.22. The first-order chi connectivity index (χ1) is 21.5.